The topological polar surface area (TPSA) is 24.1 Å². The standard InChI is InChI=1S/C15H24N2/c1-11-5-6-13-14(9-11)17-12(7-8-16-13)10-15(2,3)4/h5-6,9,12,16-17H,7-8,10H2,1-4H3. The van der Waals surface area contributed by atoms with Gasteiger partial charge in [0.2, 0.25) is 0 Å². The predicted molar refractivity (Wildman–Crippen MR) is 75.8 cm³/mol. The number of hydrogen-bond donors (Lipinski definition) is 2. The second-order valence-electron chi connectivity index (χ2n) is 6.37. The molecule has 2 heteroatoms. The molecule has 1 atom stereocenters. The van der Waals surface area contributed by atoms with Gasteiger partial charge >= 0.3 is 0 Å². The molecule has 2 rings (SSSR count). The first kappa shape index (κ1) is 12.3. The number of rotatable bonds is 1. The fourth-order valence-electron chi connectivity index (χ4n) is 2.50. The van der Waals surface area contributed by atoms with E-state index in [1.54, 1.807) is 0 Å². The number of fused-ring (bicyclic) bond motifs is 1. The van der Waals surface area contributed by atoms with Crippen molar-refractivity contribution in [3.63, 3.8) is 0 Å². The summed E-state index contributed by atoms with van der Waals surface area (Å²) in [6, 6.07) is 7.16. The molecule has 94 valence electrons. The maximum absolute atomic E-state index is 3.69. The van der Waals surface area contributed by atoms with Gasteiger partial charge in [-0.3, -0.25) is 0 Å². The molecule has 0 radical (unpaired) electrons. The van der Waals surface area contributed by atoms with Crippen LogP contribution in [0.4, 0.5) is 11.4 Å². The Kier molecular flexibility index (Phi) is 3.32. The molecule has 0 amide bonds. The molecule has 0 aromatic heterocycles. The minimum Gasteiger partial charge on any atom is -0.383 e. The lowest BCUT2D eigenvalue weighted by Gasteiger charge is -2.26. The van der Waals surface area contributed by atoms with Gasteiger partial charge in [0, 0.05) is 12.6 Å². The molecule has 1 heterocycles. The van der Waals surface area contributed by atoms with E-state index in [0.29, 0.717) is 11.5 Å². The van der Waals surface area contributed by atoms with Gasteiger partial charge in [0.25, 0.3) is 0 Å². The lowest BCUT2D eigenvalue weighted by atomic mass is 9.87. The number of benzene rings is 1. The highest BCUT2D eigenvalue weighted by Gasteiger charge is 2.21. The molecule has 1 aromatic carbocycles. The molecule has 0 fully saturated rings. The second-order valence-corrected chi connectivity index (χ2v) is 6.37. The van der Waals surface area contributed by atoms with Gasteiger partial charge in [-0.25, -0.2) is 0 Å². The average Bonchev–Trinajstić information content (AvgIpc) is 2.36. The van der Waals surface area contributed by atoms with Crippen molar-refractivity contribution in [3.8, 4) is 0 Å². The van der Waals surface area contributed by atoms with Crippen molar-refractivity contribution in [2.45, 2.75) is 46.6 Å². The van der Waals surface area contributed by atoms with Crippen LogP contribution in [0.25, 0.3) is 0 Å². The second kappa shape index (κ2) is 4.59. The summed E-state index contributed by atoms with van der Waals surface area (Å²) in [4.78, 5) is 0. The zero-order valence-corrected chi connectivity index (χ0v) is 11.4. The van der Waals surface area contributed by atoms with Crippen molar-refractivity contribution < 1.29 is 0 Å². The lowest BCUT2D eigenvalue weighted by molar-refractivity contribution is 0.345. The van der Waals surface area contributed by atoms with Crippen LogP contribution >= 0.6 is 0 Å². The Morgan fingerprint density at radius 3 is 2.71 bits per heavy atom. The van der Waals surface area contributed by atoms with E-state index >= 15 is 0 Å². The first-order chi connectivity index (χ1) is 7.94. The SMILES string of the molecule is Cc1ccc2c(c1)NC(CC(C)(C)C)CCN2. The molecule has 1 aliphatic rings. The van der Waals surface area contributed by atoms with Gasteiger partial charge in [0.1, 0.15) is 0 Å². The molecule has 1 aromatic rings. The van der Waals surface area contributed by atoms with Crippen molar-refractivity contribution in [1.29, 1.82) is 0 Å². The Balaban J connectivity index is 2.16. The van der Waals surface area contributed by atoms with Gasteiger partial charge in [-0.1, -0.05) is 26.8 Å². The maximum Gasteiger partial charge on any atom is 0.0580 e. The summed E-state index contributed by atoms with van der Waals surface area (Å²) in [5.41, 5.74) is 4.20. The van der Waals surface area contributed by atoms with Crippen molar-refractivity contribution in [2.75, 3.05) is 17.2 Å². The van der Waals surface area contributed by atoms with Crippen LogP contribution in [0, 0.1) is 12.3 Å². The predicted octanol–water partition coefficient (Wildman–Crippen LogP) is 4.03. The van der Waals surface area contributed by atoms with E-state index < -0.39 is 0 Å². The van der Waals surface area contributed by atoms with Crippen LogP contribution in [0.2, 0.25) is 0 Å². The minimum atomic E-state index is 0.381. The summed E-state index contributed by atoms with van der Waals surface area (Å²) in [5, 5.41) is 7.20. The minimum absolute atomic E-state index is 0.381. The molecule has 0 bridgehead atoms. The molecular formula is C15H24N2. The highest BCUT2D eigenvalue weighted by atomic mass is 15.0. The molecule has 0 spiro atoms. The first-order valence-electron chi connectivity index (χ1n) is 6.55. The monoisotopic (exact) mass is 232 g/mol. The van der Waals surface area contributed by atoms with Crippen molar-refractivity contribution >= 4 is 11.4 Å². The Bertz CT molecular complexity index is 390. The highest BCUT2D eigenvalue weighted by molar-refractivity contribution is 5.70. The quantitative estimate of drug-likeness (QED) is 0.764. The van der Waals surface area contributed by atoms with E-state index in [9.17, 15) is 0 Å². The Morgan fingerprint density at radius 1 is 1.24 bits per heavy atom. The van der Waals surface area contributed by atoms with E-state index in [2.05, 4.69) is 56.5 Å². The normalized spacial score (nSPS) is 19.9. The van der Waals surface area contributed by atoms with Gasteiger partial charge in [-0.15, -0.1) is 0 Å². The Labute approximate surface area is 105 Å². The summed E-state index contributed by atoms with van der Waals surface area (Å²) >= 11 is 0. The molecule has 1 aliphatic heterocycles. The van der Waals surface area contributed by atoms with Gasteiger partial charge < -0.3 is 10.6 Å². The third-order valence-electron chi connectivity index (χ3n) is 3.20. The Morgan fingerprint density at radius 2 is 2.00 bits per heavy atom. The molecule has 0 saturated carbocycles. The van der Waals surface area contributed by atoms with Gasteiger partial charge in [-0.2, -0.15) is 0 Å². The summed E-state index contributed by atoms with van der Waals surface area (Å²) in [6.07, 6.45) is 2.40. The third kappa shape index (κ3) is 3.39. The number of aryl methyl sites for hydroxylation is 1. The smallest absolute Gasteiger partial charge is 0.0580 e. The fraction of sp³-hybridized carbons (Fsp3) is 0.600. The van der Waals surface area contributed by atoms with E-state index in [-0.39, 0.29) is 0 Å². The molecule has 2 N–H and O–H groups in total. The van der Waals surface area contributed by atoms with Crippen LogP contribution in [0.15, 0.2) is 18.2 Å². The van der Waals surface area contributed by atoms with E-state index in [1.807, 2.05) is 0 Å². The van der Waals surface area contributed by atoms with Gasteiger partial charge in [0.15, 0.2) is 0 Å². The maximum atomic E-state index is 3.69. The number of anilines is 2. The summed E-state index contributed by atoms with van der Waals surface area (Å²) < 4.78 is 0. The zero-order chi connectivity index (χ0) is 12.5. The highest BCUT2D eigenvalue weighted by Crippen LogP contribution is 2.30. The average molecular weight is 232 g/mol. The first-order valence-corrected chi connectivity index (χ1v) is 6.55. The number of hydrogen-bond acceptors (Lipinski definition) is 2. The van der Waals surface area contributed by atoms with Crippen molar-refractivity contribution in [1.82, 2.24) is 0 Å². The van der Waals surface area contributed by atoms with Crippen molar-refractivity contribution in [2.24, 2.45) is 5.41 Å². The van der Waals surface area contributed by atoms with Crippen LogP contribution in [0.3, 0.4) is 0 Å². The van der Waals surface area contributed by atoms with E-state index in [0.717, 1.165) is 6.54 Å². The van der Waals surface area contributed by atoms with Crippen LogP contribution < -0.4 is 10.6 Å². The largest absolute Gasteiger partial charge is 0.383 e. The molecule has 2 nitrogen and oxygen atoms in total. The van der Waals surface area contributed by atoms with Crippen molar-refractivity contribution in [3.05, 3.63) is 23.8 Å². The van der Waals surface area contributed by atoms with Crippen LogP contribution in [0.1, 0.15) is 39.2 Å². The summed E-state index contributed by atoms with van der Waals surface area (Å²) in [5.74, 6) is 0. The van der Waals surface area contributed by atoms with Gasteiger partial charge in [0.05, 0.1) is 11.4 Å². The third-order valence-corrected chi connectivity index (χ3v) is 3.20. The fourth-order valence-corrected chi connectivity index (χ4v) is 2.50. The zero-order valence-electron chi connectivity index (χ0n) is 11.4. The Hall–Kier alpha value is -1.18. The van der Waals surface area contributed by atoms with E-state index in [4.69, 9.17) is 0 Å². The molecule has 0 saturated heterocycles. The number of nitrogens with one attached hydrogen (secondary N) is 2. The lowest BCUT2D eigenvalue weighted by Crippen LogP contribution is -2.25. The summed E-state index contributed by atoms with van der Waals surface area (Å²) in [7, 11) is 0. The summed E-state index contributed by atoms with van der Waals surface area (Å²) in [6.45, 7) is 10.1. The van der Waals surface area contributed by atoms with Crippen LogP contribution in [-0.4, -0.2) is 12.6 Å². The molecule has 1 unspecified atom stereocenters. The van der Waals surface area contributed by atoms with Crippen LogP contribution in [0.5, 0.6) is 0 Å². The molecule has 0 aliphatic carbocycles. The van der Waals surface area contributed by atoms with E-state index in [1.165, 1.54) is 29.8 Å². The molecular weight excluding hydrogens is 208 g/mol. The van der Waals surface area contributed by atoms with Gasteiger partial charge in [-0.05, 0) is 42.9 Å². The molecule has 17 heavy (non-hydrogen) atoms. The van der Waals surface area contributed by atoms with Crippen LogP contribution in [-0.2, 0) is 0 Å².